The third kappa shape index (κ3) is 3.73. The SMILES string of the molecule is Cc1ccc(Oc2nc3ccccc3n3c(=O)n(CC(=O)N4CCCc5ccccc54)nc23)cc1. The molecule has 0 aliphatic carbocycles. The molecule has 0 saturated heterocycles. The molecule has 0 bridgehead atoms. The van der Waals surface area contributed by atoms with Crippen LogP contribution in [0.1, 0.15) is 17.5 Å². The van der Waals surface area contributed by atoms with Crippen LogP contribution in [0.2, 0.25) is 0 Å². The number of amides is 1. The second-order valence-electron chi connectivity index (χ2n) is 8.70. The summed E-state index contributed by atoms with van der Waals surface area (Å²) < 4.78 is 8.71. The summed E-state index contributed by atoms with van der Waals surface area (Å²) in [5, 5.41) is 4.50. The summed E-state index contributed by atoms with van der Waals surface area (Å²) in [5.41, 5.74) is 4.19. The molecule has 0 N–H and O–H groups in total. The number of ether oxygens (including phenoxy) is 1. The second-order valence-corrected chi connectivity index (χ2v) is 8.70. The van der Waals surface area contributed by atoms with Gasteiger partial charge in [0.15, 0.2) is 0 Å². The maximum Gasteiger partial charge on any atom is 0.351 e. The molecule has 8 heteroatoms. The minimum Gasteiger partial charge on any atom is -0.436 e. The number of hydrogen-bond donors (Lipinski definition) is 0. The number of rotatable bonds is 4. The molecule has 0 spiro atoms. The molecule has 2 aromatic heterocycles. The van der Waals surface area contributed by atoms with Crippen LogP contribution in [0.3, 0.4) is 0 Å². The molecule has 6 rings (SSSR count). The van der Waals surface area contributed by atoms with Crippen LogP contribution in [-0.2, 0) is 17.8 Å². The van der Waals surface area contributed by atoms with Crippen LogP contribution in [0.4, 0.5) is 5.69 Å². The Morgan fingerprint density at radius 2 is 1.77 bits per heavy atom. The Hall–Kier alpha value is -4.46. The summed E-state index contributed by atoms with van der Waals surface area (Å²) in [6.07, 6.45) is 1.82. The van der Waals surface area contributed by atoms with E-state index in [0.717, 1.165) is 29.7 Å². The average molecular weight is 466 g/mol. The van der Waals surface area contributed by atoms with Crippen molar-refractivity contribution >= 4 is 28.3 Å². The second kappa shape index (κ2) is 8.39. The number of benzene rings is 3. The predicted molar refractivity (Wildman–Crippen MR) is 133 cm³/mol. The number of carbonyl (C=O) groups excluding carboxylic acids is 1. The van der Waals surface area contributed by atoms with Crippen molar-refractivity contribution in [1.29, 1.82) is 0 Å². The van der Waals surface area contributed by atoms with Gasteiger partial charge < -0.3 is 9.64 Å². The minimum atomic E-state index is -0.411. The monoisotopic (exact) mass is 465 g/mol. The first-order valence-corrected chi connectivity index (χ1v) is 11.6. The zero-order valence-corrected chi connectivity index (χ0v) is 19.2. The van der Waals surface area contributed by atoms with Gasteiger partial charge in [0.1, 0.15) is 12.3 Å². The van der Waals surface area contributed by atoms with Crippen molar-refractivity contribution in [3.05, 3.63) is 94.4 Å². The average Bonchev–Trinajstić information content (AvgIpc) is 3.21. The lowest BCUT2D eigenvalue weighted by atomic mass is 10.0. The number of fused-ring (bicyclic) bond motifs is 4. The fourth-order valence-electron chi connectivity index (χ4n) is 4.57. The molecule has 174 valence electrons. The molecular formula is C27H23N5O3. The molecule has 8 nitrogen and oxygen atoms in total. The molecule has 35 heavy (non-hydrogen) atoms. The molecule has 3 aromatic carbocycles. The van der Waals surface area contributed by atoms with E-state index in [0.29, 0.717) is 23.3 Å². The van der Waals surface area contributed by atoms with Gasteiger partial charge in [-0.15, -0.1) is 5.10 Å². The number of hydrogen-bond acceptors (Lipinski definition) is 5. The number of aryl methyl sites for hydroxylation is 2. The van der Waals surface area contributed by atoms with Crippen LogP contribution in [0.15, 0.2) is 77.6 Å². The Kier molecular flexibility index (Phi) is 5.06. The van der Waals surface area contributed by atoms with Crippen LogP contribution in [0.5, 0.6) is 11.6 Å². The molecule has 0 radical (unpaired) electrons. The van der Waals surface area contributed by atoms with Gasteiger partial charge in [-0.25, -0.2) is 18.9 Å². The summed E-state index contributed by atoms with van der Waals surface area (Å²) >= 11 is 0. The normalized spacial score (nSPS) is 13.2. The topological polar surface area (TPSA) is 81.7 Å². The van der Waals surface area contributed by atoms with Crippen LogP contribution in [0.25, 0.3) is 16.7 Å². The Morgan fingerprint density at radius 1 is 1.00 bits per heavy atom. The third-order valence-corrected chi connectivity index (χ3v) is 6.31. The largest absolute Gasteiger partial charge is 0.436 e. The van der Waals surface area contributed by atoms with E-state index >= 15 is 0 Å². The van der Waals surface area contributed by atoms with Gasteiger partial charge in [-0.05, 0) is 55.7 Å². The van der Waals surface area contributed by atoms with Crippen molar-refractivity contribution in [2.45, 2.75) is 26.3 Å². The standard InChI is InChI=1S/C27H23N5O3/c1-18-12-14-20(15-13-18)35-26-25-29-31(27(34)32(25)23-11-5-3-9-21(23)28-26)17-24(33)30-16-6-8-19-7-2-4-10-22(19)30/h2-5,7,9-15H,6,8,16-17H2,1H3. The van der Waals surface area contributed by atoms with E-state index in [-0.39, 0.29) is 24.0 Å². The molecule has 3 heterocycles. The highest BCUT2D eigenvalue weighted by atomic mass is 16.5. The Balaban J connectivity index is 1.43. The Bertz CT molecular complexity index is 1640. The summed E-state index contributed by atoms with van der Waals surface area (Å²) in [7, 11) is 0. The van der Waals surface area contributed by atoms with Crippen LogP contribution in [-0.4, -0.2) is 31.6 Å². The lowest BCUT2D eigenvalue weighted by Crippen LogP contribution is -2.39. The first kappa shape index (κ1) is 21.1. The number of aromatic nitrogens is 4. The van der Waals surface area contributed by atoms with Crippen LogP contribution < -0.4 is 15.3 Å². The zero-order valence-electron chi connectivity index (χ0n) is 19.2. The van der Waals surface area contributed by atoms with Crippen molar-refractivity contribution in [3.63, 3.8) is 0 Å². The van der Waals surface area contributed by atoms with Crippen LogP contribution >= 0.6 is 0 Å². The molecule has 0 unspecified atom stereocenters. The van der Waals surface area contributed by atoms with E-state index in [2.05, 4.69) is 10.1 Å². The summed E-state index contributed by atoms with van der Waals surface area (Å²) in [4.78, 5) is 33.1. The van der Waals surface area contributed by atoms with E-state index in [4.69, 9.17) is 4.74 Å². The molecule has 0 atom stereocenters. The predicted octanol–water partition coefficient (Wildman–Crippen LogP) is 4.12. The first-order chi connectivity index (χ1) is 17.1. The van der Waals surface area contributed by atoms with Gasteiger partial charge in [-0.3, -0.25) is 4.79 Å². The third-order valence-electron chi connectivity index (χ3n) is 6.31. The lowest BCUT2D eigenvalue weighted by molar-refractivity contribution is -0.119. The van der Waals surface area contributed by atoms with Gasteiger partial charge in [0.2, 0.25) is 11.6 Å². The van der Waals surface area contributed by atoms with Gasteiger partial charge >= 0.3 is 5.69 Å². The van der Waals surface area contributed by atoms with E-state index < -0.39 is 5.69 Å². The molecule has 1 aliphatic rings. The maximum atomic E-state index is 13.5. The molecular weight excluding hydrogens is 442 g/mol. The summed E-state index contributed by atoms with van der Waals surface area (Å²) in [6, 6.07) is 22.8. The summed E-state index contributed by atoms with van der Waals surface area (Å²) in [6.45, 7) is 2.44. The van der Waals surface area contributed by atoms with Gasteiger partial charge in [-0.2, -0.15) is 0 Å². The number of carbonyl (C=O) groups is 1. The lowest BCUT2D eigenvalue weighted by Gasteiger charge is -2.29. The van der Waals surface area contributed by atoms with E-state index in [9.17, 15) is 9.59 Å². The molecule has 0 saturated carbocycles. The Labute approximate surface area is 201 Å². The quantitative estimate of drug-likeness (QED) is 0.399. The minimum absolute atomic E-state index is 0.173. The van der Waals surface area contributed by atoms with Crippen molar-refractivity contribution in [1.82, 2.24) is 19.2 Å². The number of anilines is 1. The van der Waals surface area contributed by atoms with Crippen LogP contribution in [0, 0.1) is 6.92 Å². The Morgan fingerprint density at radius 3 is 2.63 bits per heavy atom. The van der Waals surface area contributed by atoms with Gasteiger partial charge in [0, 0.05) is 12.2 Å². The number of para-hydroxylation sites is 3. The summed E-state index contributed by atoms with van der Waals surface area (Å²) in [5.74, 6) is 0.614. The fraction of sp³-hybridized carbons (Fsp3) is 0.185. The number of nitrogens with zero attached hydrogens (tertiary/aromatic N) is 5. The van der Waals surface area contributed by atoms with Gasteiger partial charge in [0.05, 0.1) is 11.0 Å². The molecule has 1 aliphatic heterocycles. The van der Waals surface area contributed by atoms with E-state index in [1.807, 2.05) is 73.7 Å². The van der Waals surface area contributed by atoms with Crippen molar-refractivity contribution < 1.29 is 9.53 Å². The van der Waals surface area contributed by atoms with Gasteiger partial charge in [0.25, 0.3) is 5.88 Å². The molecule has 1 amide bonds. The highest BCUT2D eigenvalue weighted by Gasteiger charge is 2.25. The maximum absolute atomic E-state index is 13.5. The fourth-order valence-corrected chi connectivity index (χ4v) is 4.57. The van der Waals surface area contributed by atoms with Crippen molar-refractivity contribution in [2.24, 2.45) is 0 Å². The smallest absolute Gasteiger partial charge is 0.351 e. The first-order valence-electron chi connectivity index (χ1n) is 11.6. The van der Waals surface area contributed by atoms with E-state index in [1.165, 1.54) is 9.08 Å². The van der Waals surface area contributed by atoms with Crippen molar-refractivity contribution in [2.75, 3.05) is 11.4 Å². The zero-order chi connectivity index (χ0) is 23.9. The highest BCUT2D eigenvalue weighted by molar-refractivity contribution is 5.94. The van der Waals surface area contributed by atoms with Crippen molar-refractivity contribution in [3.8, 4) is 11.6 Å². The molecule has 5 aromatic rings. The van der Waals surface area contributed by atoms with Gasteiger partial charge in [-0.1, -0.05) is 48.0 Å². The molecule has 0 fully saturated rings. The highest BCUT2D eigenvalue weighted by Crippen LogP contribution is 2.28. The van der Waals surface area contributed by atoms with E-state index in [1.54, 1.807) is 11.0 Å².